The molecular formula is C137H128S4. The number of benzene rings is 19. The summed E-state index contributed by atoms with van der Waals surface area (Å²) in [4.78, 5) is 0. The maximum atomic E-state index is 2.33. The van der Waals surface area contributed by atoms with Crippen LogP contribution in [0.4, 0.5) is 0 Å². The third-order valence-corrected chi connectivity index (χ3v) is 32.9. The minimum Gasteiger partial charge on any atom is -0.135 e. The molecule has 4 aliphatic rings. The van der Waals surface area contributed by atoms with Crippen LogP contribution < -0.4 is 0 Å². The average molecular weight is 1900 g/mol. The number of thiophene rings is 4. The van der Waals surface area contributed by atoms with Crippen LogP contribution in [-0.2, 0) is 21.7 Å². The lowest BCUT2D eigenvalue weighted by molar-refractivity contribution is 0.655. The van der Waals surface area contributed by atoms with Crippen molar-refractivity contribution in [1.82, 2.24) is 0 Å². The molecule has 27 rings (SSSR count). The molecule has 4 aromatic heterocycles. The molecule has 0 radical (unpaired) electrons. The summed E-state index contributed by atoms with van der Waals surface area (Å²) in [5.41, 5.74) is 38.5. The first-order chi connectivity index (χ1) is 68.0. The van der Waals surface area contributed by atoms with E-state index >= 15 is 0 Å². The minimum atomic E-state index is 0.150. The van der Waals surface area contributed by atoms with Crippen molar-refractivity contribution < 1.29 is 0 Å². The fourth-order valence-electron chi connectivity index (χ4n) is 20.8. The van der Waals surface area contributed by atoms with E-state index in [0.29, 0.717) is 0 Å². The molecule has 0 nitrogen and oxygen atoms in total. The van der Waals surface area contributed by atoms with Crippen LogP contribution in [0.3, 0.4) is 0 Å². The molecule has 0 spiro atoms. The zero-order valence-electron chi connectivity index (χ0n) is 85.1. The molecule has 4 aliphatic carbocycles. The molecule has 0 bridgehead atoms. The second-order valence-corrected chi connectivity index (χ2v) is 44.3. The van der Waals surface area contributed by atoms with E-state index < -0.39 is 0 Å². The van der Waals surface area contributed by atoms with Crippen LogP contribution in [0.25, 0.3) is 125 Å². The molecule has 23 aromatic rings. The third-order valence-electron chi connectivity index (χ3n) is 28.2. The molecule has 19 aromatic carbocycles. The van der Waals surface area contributed by atoms with Crippen molar-refractivity contribution in [3.8, 4) is 44.5 Å². The predicted octanol–water partition coefficient (Wildman–Crippen LogP) is 40.6. The Morgan fingerprint density at radius 1 is 0.156 bits per heavy atom. The minimum absolute atomic E-state index is 0.150. The van der Waals surface area contributed by atoms with Gasteiger partial charge in [0.1, 0.15) is 0 Å². The standard InChI is InChI=1S/4C16H16.4C13H10S.3C7H8/c1-11-7-6-9-13-12-8-4-5-10-14(12)16(2,3)15(11)13;1-11-7-6-10-14-15(11)12-8-4-5-9-13(12)16(14,2)3;1-11-8-9-15-13(10-11)12-6-4-5-7-14(12)16(15,2)3;1-11-8-9-13-12-6-4-5-7-14(12)16(2,3)15(13)10-11;1-9-5-4-7-11-10-6-2-3-8-12(10)14-13(9)11;1-9-5-4-8-12-13(9)10-6-2-3-7-11(10)14-12;1-9-6-7-13-11(8-9)10-4-2-3-5-12(10)14-13;1-9-6-7-11-10-4-2-3-5-12(10)14-13(11)8-9;3*1-7-5-3-2-4-6-7/h4*4-10H,1-3H3;4*2-8H,1H3;3*2-6H,1H3. The van der Waals surface area contributed by atoms with E-state index in [9.17, 15) is 0 Å². The lowest BCUT2D eigenvalue weighted by Crippen LogP contribution is -2.16. The highest BCUT2D eigenvalue weighted by atomic mass is 32.1. The topological polar surface area (TPSA) is 0 Å². The maximum Gasteiger partial charge on any atom is 0.0384 e. The predicted molar refractivity (Wildman–Crippen MR) is 625 cm³/mol. The Morgan fingerprint density at radius 2 is 0.482 bits per heavy atom. The lowest BCUT2D eigenvalue weighted by Gasteiger charge is -2.23. The highest BCUT2D eigenvalue weighted by Gasteiger charge is 2.39. The van der Waals surface area contributed by atoms with Gasteiger partial charge in [0.05, 0.1) is 0 Å². The van der Waals surface area contributed by atoms with Crippen molar-refractivity contribution in [2.75, 3.05) is 0 Å². The van der Waals surface area contributed by atoms with Gasteiger partial charge in [0.25, 0.3) is 0 Å². The summed E-state index contributed by atoms with van der Waals surface area (Å²) < 4.78 is 11.1. The summed E-state index contributed by atoms with van der Waals surface area (Å²) in [6, 6.07) is 154. The van der Waals surface area contributed by atoms with Crippen molar-refractivity contribution in [2.45, 2.75) is 153 Å². The van der Waals surface area contributed by atoms with E-state index in [4.69, 9.17) is 0 Å². The van der Waals surface area contributed by atoms with Gasteiger partial charge >= 0.3 is 0 Å². The molecule has 0 aliphatic heterocycles. The highest BCUT2D eigenvalue weighted by Crippen LogP contribution is 2.54. The number of hydrogen-bond donors (Lipinski definition) is 0. The van der Waals surface area contributed by atoms with Gasteiger partial charge < -0.3 is 0 Å². The van der Waals surface area contributed by atoms with Crippen LogP contribution in [0.2, 0.25) is 0 Å². The number of rotatable bonds is 0. The summed E-state index contributed by atoms with van der Waals surface area (Å²) in [7, 11) is 0. The fraction of sp³-hybridized carbons (Fsp3) is 0.168. The van der Waals surface area contributed by atoms with Gasteiger partial charge in [-0.05, 0) is 242 Å². The first-order valence-electron chi connectivity index (χ1n) is 49.4. The Hall–Kier alpha value is -13.9. The second-order valence-electron chi connectivity index (χ2n) is 40.0. The van der Waals surface area contributed by atoms with Crippen LogP contribution >= 0.6 is 45.3 Å². The van der Waals surface area contributed by atoms with Crippen molar-refractivity contribution in [3.05, 3.63) is 536 Å². The maximum absolute atomic E-state index is 2.33. The highest BCUT2D eigenvalue weighted by molar-refractivity contribution is 7.27. The quantitative estimate of drug-likeness (QED) is 0.142. The van der Waals surface area contributed by atoms with E-state index in [2.05, 4.69) is 508 Å². The monoisotopic (exact) mass is 1900 g/mol. The van der Waals surface area contributed by atoms with Gasteiger partial charge in [0.15, 0.2) is 0 Å². The molecule has 0 saturated heterocycles. The lowest BCUT2D eigenvalue weighted by atomic mass is 9.80. The Morgan fingerprint density at radius 3 is 1.06 bits per heavy atom. The fourth-order valence-corrected chi connectivity index (χ4v) is 25.5. The van der Waals surface area contributed by atoms with Crippen LogP contribution in [-0.4, -0.2) is 0 Å². The van der Waals surface area contributed by atoms with Gasteiger partial charge in [-0.2, -0.15) is 0 Å². The molecule has 700 valence electrons. The molecular weight excluding hydrogens is 1770 g/mol. The molecule has 141 heavy (non-hydrogen) atoms. The van der Waals surface area contributed by atoms with E-state index in [-0.39, 0.29) is 21.7 Å². The van der Waals surface area contributed by atoms with E-state index in [0.717, 1.165) is 0 Å². The molecule has 4 heteroatoms. The second kappa shape index (κ2) is 43.0. The van der Waals surface area contributed by atoms with Crippen LogP contribution in [0, 0.1) is 76.2 Å². The zero-order valence-corrected chi connectivity index (χ0v) is 88.4. The number of aryl methyl sites for hydroxylation is 11. The first kappa shape index (κ1) is 98.7. The summed E-state index contributed by atoms with van der Waals surface area (Å²) in [5.74, 6) is 0. The van der Waals surface area contributed by atoms with Crippen molar-refractivity contribution >= 4 is 126 Å². The van der Waals surface area contributed by atoms with Gasteiger partial charge in [-0.1, -0.05) is 471 Å². The Kier molecular flexibility index (Phi) is 30.1. The third kappa shape index (κ3) is 21.3. The molecule has 0 fully saturated rings. The number of fused-ring (bicyclic) bond motifs is 24. The molecule has 0 N–H and O–H groups in total. The first-order valence-corrected chi connectivity index (χ1v) is 52.7. The van der Waals surface area contributed by atoms with E-state index in [1.165, 1.54) is 231 Å². The SMILES string of the molecule is Cc1ccc2c(c1)-c1ccccc1C2(C)C.Cc1ccc2c(c1)C(C)(C)c1ccccc1-2.Cc1ccc2c(c1)sc1ccccc12.Cc1ccc2sc3ccccc3c2c1.Cc1cccc2c1-c1ccccc1C2(C)C.Cc1cccc2c1C(C)(C)c1ccccc1-2.Cc1cccc2c1sc1ccccc12.Cc1cccc2sc3ccccc3c12.Cc1ccccc1.Cc1ccccc1.Cc1ccccc1. The summed E-state index contributed by atoms with van der Waals surface area (Å²) in [6.45, 7) is 42.2. The largest absolute Gasteiger partial charge is 0.135 e. The average Bonchev–Trinajstić information content (AvgIpc) is 1.56. The van der Waals surface area contributed by atoms with E-state index in [1.54, 1.807) is 0 Å². The molecule has 0 unspecified atom stereocenters. The smallest absolute Gasteiger partial charge is 0.0384 e. The molecule has 4 heterocycles. The Bertz CT molecular complexity index is 8220. The van der Waals surface area contributed by atoms with Crippen molar-refractivity contribution in [1.29, 1.82) is 0 Å². The zero-order chi connectivity index (χ0) is 98.9. The normalized spacial score (nSPS) is 12.9. The molecule has 0 atom stereocenters. The Labute approximate surface area is 853 Å². The van der Waals surface area contributed by atoms with Crippen LogP contribution in [0.5, 0.6) is 0 Å². The molecule has 0 saturated carbocycles. The molecule has 0 amide bonds. The van der Waals surface area contributed by atoms with Crippen LogP contribution in [0.1, 0.15) is 161 Å². The van der Waals surface area contributed by atoms with Gasteiger partial charge in [-0.15, -0.1) is 45.3 Å². The van der Waals surface area contributed by atoms with Gasteiger partial charge in [0, 0.05) is 102 Å². The number of hydrogen-bond acceptors (Lipinski definition) is 4. The summed E-state index contributed by atoms with van der Waals surface area (Å²) in [6.07, 6.45) is 0. The van der Waals surface area contributed by atoms with Gasteiger partial charge in [-0.25, -0.2) is 0 Å². The van der Waals surface area contributed by atoms with Crippen molar-refractivity contribution in [2.24, 2.45) is 0 Å². The summed E-state index contributed by atoms with van der Waals surface area (Å²) >= 11 is 7.51. The van der Waals surface area contributed by atoms with Gasteiger partial charge in [-0.3, -0.25) is 0 Å². The summed E-state index contributed by atoms with van der Waals surface area (Å²) in [5, 5.41) is 11.1. The van der Waals surface area contributed by atoms with E-state index in [1.807, 2.05) is 99.9 Å². The van der Waals surface area contributed by atoms with Crippen molar-refractivity contribution in [3.63, 3.8) is 0 Å². The van der Waals surface area contributed by atoms with Gasteiger partial charge in [0.2, 0.25) is 0 Å². The van der Waals surface area contributed by atoms with Crippen LogP contribution in [0.15, 0.2) is 431 Å². The Balaban J connectivity index is 0.000000108.